The van der Waals surface area contributed by atoms with Gasteiger partial charge in [-0.1, -0.05) is 19.1 Å². The highest BCUT2D eigenvalue weighted by atomic mass is 16.5. The van der Waals surface area contributed by atoms with Gasteiger partial charge in [-0.3, -0.25) is 4.79 Å². The van der Waals surface area contributed by atoms with Gasteiger partial charge in [0.1, 0.15) is 5.75 Å². The fourth-order valence-electron chi connectivity index (χ4n) is 3.43. The summed E-state index contributed by atoms with van der Waals surface area (Å²) >= 11 is 0. The zero-order valence-corrected chi connectivity index (χ0v) is 13.4. The Morgan fingerprint density at radius 3 is 2.55 bits per heavy atom. The molecule has 22 heavy (non-hydrogen) atoms. The molecule has 3 rings (SSSR count). The summed E-state index contributed by atoms with van der Waals surface area (Å²) < 4.78 is 5.44. The van der Waals surface area contributed by atoms with E-state index in [1.807, 2.05) is 23.1 Å². The molecule has 2 atom stereocenters. The minimum atomic E-state index is 0.151. The van der Waals surface area contributed by atoms with Gasteiger partial charge in [0.15, 0.2) is 0 Å². The molecule has 2 aliphatic rings. The van der Waals surface area contributed by atoms with E-state index in [9.17, 15) is 4.79 Å². The number of para-hydroxylation sites is 2. The number of hydrogen-bond acceptors (Lipinski definition) is 4. The number of anilines is 1. The summed E-state index contributed by atoms with van der Waals surface area (Å²) in [7, 11) is 1.70. The summed E-state index contributed by atoms with van der Waals surface area (Å²) in [5.41, 5.74) is 1.12. The molecule has 120 valence electrons. The van der Waals surface area contributed by atoms with Crippen LogP contribution < -0.4 is 15.0 Å². The van der Waals surface area contributed by atoms with Gasteiger partial charge in [0, 0.05) is 32.7 Å². The van der Waals surface area contributed by atoms with Gasteiger partial charge in [0.05, 0.1) is 18.7 Å². The molecule has 0 spiro atoms. The Kier molecular flexibility index (Phi) is 4.52. The third-order valence-corrected chi connectivity index (χ3v) is 4.85. The molecule has 2 aliphatic heterocycles. The van der Waals surface area contributed by atoms with Crippen LogP contribution in [0.1, 0.15) is 6.92 Å². The lowest BCUT2D eigenvalue weighted by Gasteiger charge is -2.38. The second kappa shape index (κ2) is 6.57. The van der Waals surface area contributed by atoms with Crippen LogP contribution in [-0.2, 0) is 4.79 Å². The van der Waals surface area contributed by atoms with Crippen LogP contribution in [0.3, 0.4) is 0 Å². The Morgan fingerprint density at radius 1 is 1.18 bits per heavy atom. The Balaban J connectivity index is 1.61. The van der Waals surface area contributed by atoms with Crippen LogP contribution in [0.4, 0.5) is 5.69 Å². The zero-order valence-electron chi connectivity index (χ0n) is 13.4. The Hall–Kier alpha value is -1.75. The second-order valence-electron chi connectivity index (χ2n) is 6.23. The van der Waals surface area contributed by atoms with Gasteiger partial charge in [-0.15, -0.1) is 0 Å². The van der Waals surface area contributed by atoms with Crippen molar-refractivity contribution in [2.45, 2.75) is 6.92 Å². The van der Waals surface area contributed by atoms with Gasteiger partial charge in [0.2, 0.25) is 5.91 Å². The van der Waals surface area contributed by atoms with Crippen LogP contribution in [0.25, 0.3) is 0 Å². The van der Waals surface area contributed by atoms with Gasteiger partial charge >= 0.3 is 0 Å². The van der Waals surface area contributed by atoms with Gasteiger partial charge < -0.3 is 19.9 Å². The molecule has 1 aromatic rings. The molecule has 0 bridgehead atoms. The molecule has 1 amide bonds. The van der Waals surface area contributed by atoms with E-state index in [4.69, 9.17) is 4.74 Å². The van der Waals surface area contributed by atoms with Gasteiger partial charge in [-0.05, 0) is 24.6 Å². The van der Waals surface area contributed by atoms with Crippen molar-refractivity contribution in [1.29, 1.82) is 0 Å². The summed E-state index contributed by atoms with van der Waals surface area (Å²) in [6.07, 6.45) is 0. The van der Waals surface area contributed by atoms with E-state index in [0.29, 0.717) is 11.8 Å². The number of benzene rings is 1. The number of ether oxygens (including phenoxy) is 1. The van der Waals surface area contributed by atoms with E-state index < -0.39 is 0 Å². The molecule has 1 N–H and O–H groups in total. The van der Waals surface area contributed by atoms with Crippen molar-refractivity contribution in [2.75, 3.05) is 51.3 Å². The zero-order chi connectivity index (χ0) is 15.5. The fraction of sp³-hybridized carbons (Fsp3) is 0.588. The van der Waals surface area contributed by atoms with Crippen molar-refractivity contribution < 1.29 is 9.53 Å². The summed E-state index contributed by atoms with van der Waals surface area (Å²) in [6, 6.07) is 8.08. The minimum absolute atomic E-state index is 0.151. The monoisotopic (exact) mass is 303 g/mol. The lowest BCUT2D eigenvalue weighted by Crippen LogP contribution is -2.51. The number of hydrogen-bond donors (Lipinski definition) is 1. The van der Waals surface area contributed by atoms with E-state index in [1.165, 1.54) is 0 Å². The van der Waals surface area contributed by atoms with E-state index in [2.05, 4.69) is 23.2 Å². The first-order chi connectivity index (χ1) is 10.7. The average molecular weight is 303 g/mol. The van der Waals surface area contributed by atoms with Gasteiger partial charge in [-0.25, -0.2) is 0 Å². The molecule has 2 saturated heterocycles. The third-order valence-electron chi connectivity index (χ3n) is 4.85. The molecule has 5 nitrogen and oxygen atoms in total. The van der Waals surface area contributed by atoms with Gasteiger partial charge in [-0.2, -0.15) is 0 Å². The van der Waals surface area contributed by atoms with E-state index >= 15 is 0 Å². The molecule has 1 aromatic carbocycles. The lowest BCUT2D eigenvalue weighted by molar-refractivity contribution is -0.136. The maximum atomic E-state index is 12.6. The molecular weight excluding hydrogens is 278 g/mol. The maximum Gasteiger partial charge on any atom is 0.227 e. The van der Waals surface area contributed by atoms with Crippen molar-refractivity contribution in [2.24, 2.45) is 11.8 Å². The summed E-state index contributed by atoms with van der Waals surface area (Å²) in [5, 5.41) is 3.32. The Morgan fingerprint density at radius 2 is 1.91 bits per heavy atom. The first kappa shape index (κ1) is 15.2. The molecule has 2 heterocycles. The van der Waals surface area contributed by atoms with Crippen molar-refractivity contribution in [3.8, 4) is 5.75 Å². The Labute approximate surface area is 132 Å². The standard InChI is InChI=1S/C17H25N3O2/c1-13-11-18-12-14(13)17(21)20-9-7-19(8-10-20)15-5-3-4-6-16(15)22-2/h3-6,13-14,18H,7-12H2,1-2H3/t13-,14-/m1/s1. The lowest BCUT2D eigenvalue weighted by atomic mass is 9.96. The largest absolute Gasteiger partial charge is 0.495 e. The normalized spacial score (nSPS) is 25.4. The van der Waals surface area contributed by atoms with Crippen LogP contribution in [0, 0.1) is 11.8 Å². The molecule has 2 fully saturated rings. The Bertz CT molecular complexity index is 526. The summed E-state index contributed by atoms with van der Waals surface area (Å²) in [6.45, 7) is 7.25. The number of rotatable bonds is 3. The predicted octanol–water partition coefficient (Wildman–Crippen LogP) is 1.20. The molecular formula is C17H25N3O2. The van der Waals surface area contributed by atoms with Gasteiger partial charge in [0.25, 0.3) is 0 Å². The fourth-order valence-corrected chi connectivity index (χ4v) is 3.43. The molecule has 0 aliphatic carbocycles. The number of piperazine rings is 1. The van der Waals surface area contributed by atoms with Crippen molar-refractivity contribution >= 4 is 11.6 Å². The van der Waals surface area contributed by atoms with Crippen molar-refractivity contribution in [3.63, 3.8) is 0 Å². The highest BCUT2D eigenvalue weighted by Gasteiger charge is 2.34. The number of carbonyl (C=O) groups is 1. The van der Waals surface area contributed by atoms with E-state index in [-0.39, 0.29) is 5.92 Å². The van der Waals surface area contributed by atoms with Crippen LogP contribution in [0.5, 0.6) is 5.75 Å². The summed E-state index contributed by atoms with van der Waals surface area (Å²) in [5.74, 6) is 1.81. The van der Waals surface area contributed by atoms with E-state index in [1.54, 1.807) is 7.11 Å². The smallest absolute Gasteiger partial charge is 0.227 e. The molecule has 0 unspecified atom stereocenters. The first-order valence-electron chi connectivity index (χ1n) is 8.08. The maximum absolute atomic E-state index is 12.6. The summed E-state index contributed by atoms with van der Waals surface area (Å²) in [4.78, 5) is 17.0. The minimum Gasteiger partial charge on any atom is -0.495 e. The molecule has 0 radical (unpaired) electrons. The number of nitrogens with zero attached hydrogens (tertiary/aromatic N) is 2. The van der Waals surface area contributed by atoms with Crippen molar-refractivity contribution in [1.82, 2.24) is 10.2 Å². The highest BCUT2D eigenvalue weighted by molar-refractivity contribution is 5.80. The number of methoxy groups -OCH3 is 1. The van der Waals surface area contributed by atoms with Crippen molar-refractivity contribution in [3.05, 3.63) is 24.3 Å². The number of carbonyl (C=O) groups excluding carboxylic acids is 1. The van der Waals surface area contributed by atoms with Crippen LogP contribution in [0.2, 0.25) is 0 Å². The average Bonchev–Trinajstić information content (AvgIpc) is 3.00. The third kappa shape index (κ3) is 2.90. The number of amides is 1. The SMILES string of the molecule is COc1ccccc1N1CCN(C(=O)[C@@H]2CNC[C@H]2C)CC1. The topological polar surface area (TPSA) is 44.8 Å². The molecule has 5 heteroatoms. The predicted molar refractivity (Wildman–Crippen MR) is 87.3 cm³/mol. The van der Waals surface area contributed by atoms with Crippen LogP contribution >= 0.6 is 0 Å². The van der Waals surface area contributed by atoms with E-state index in [0.717, 1.165) is 50.7 Å². The quantitative estimate of drug-likeness (QED) is 0.911. The molecule has 0 aromatic heterocycles. The van der Waals surface area contributed by atoms with Crippen LogP contribution in [0.15, 0.2) is 24.3 Å². The second-order valence-corrected chi connectivity index (χ2v) is 6.23. The van der Waals surface area contributed by atoms with Crippen LogP contribution in [-0.4, -0.2) is 57.2 Å². The first-order valence-corrected chi connectivity index (χ1v) is 8.08. The number of nitrogens with one attached hydrogen (secondary N) is 1. The molecule has 0 saturated carbocycles. The highest BCUT2D eigenvalue weighted by Crippen LogP contribution is 2.29.